The van der Waals surface area contributed by atoms with E-state index >= 15 is 0 Å². The van der Waals surface area contributed by atoms with Crippen LogP contribution in [-0.2, 0) is 21.4 Å². The number of carbonyl (C=O) groups is 1. The Morgan fingerprint density at radius 2 is 1.96 bits per heavy atom. The fourth-order valence-electron chi connectivity index (χ4n) is 2.80. The first-order valence-electron chi connectivity index (χ1n) is 8.46. The van der Waals surface area contributed by atoms with E-state index < -0.39 is 28.3 Å². The van der Waals surface area contributed by atoms with Gasteiger partial charge >= 0.3 is 0 Å². The summed E-state index contributed by atoms with van der Waals surface area (Å²) in [5, 5.41) is 3.59. The Labute approximate surface area is 162 Å². The molecular formula is C19H20FN3O4S. The van der Waals surface area contributed by atoms with Crippen molar-refractivity contribution in [2.45, 2.75) is 18.4 Å². The molecule has 0 radical (unpaired) electrons. The SMILES string of the molecule is COc1ccc2[nH]c(CNC(=O)CNS(=O)(=O)c3ccc(F)cc3C)cc2c1. The van der Waals surface area contributed by atoms with Crippen molar-refractivity contribution >= 4 is 26.8 Å². The standard InChI is InChI=1S/C19H20FN3O4S/c1-12-7-14(20)3-6-18(12)28(25,26)22-11-19(24)21-10-15-8-13-9-16(27-2)4-5-17(13)23-15/h3-9,22-23H,10-11H2,1-2H3,(H,21,24). The highest BCUT2D eigenvalue weighted by atomic mass is 32.2. The Morgan fingerprint density at radius 1 is 1.18 bits per heavy atom. The van der Waals surface area contributed by atoms with Gasteiger partial charge in [-0.05, 0) is 55.0 Å². The van der Waals surface area contributed by atoms with Crippen molar-refractivity contribution in [3.05, 3.63) is 59.5 Å². The molecule has 2 aromatic carbocycles. The first-order chi connectivity index (χ1) is 13.3. The highest BCUT2D eigenvalue weighted by Crippen LogP contribution is 2.21. The lowest BCUT2D eigenvalue weighted by atomic mass is 10.2. The van der Waals surface area contributed by atoms with Crippen LogP contribution in [0.25, 0.3) is 10.9 Å². The summed E-state index contributed by atoms with van der Waals surface area (Å²) in [5.74, 6) is -0.280. The molecule has 0 aliphatic rings. The van der Waals surface area contributed by atoms with E-state index in [1.54, 1.807) is 7.11 Å². The first kappa shape index (κ1) is 19.8. The predicted molar refractivity (Wildman–Crippen MR) is 103 cm³/mol. The second-order valence-corrected chi connectivity index (χ2v) is 7.99. The summed E-state index contributed by atoms with van der Waals surface area (Å²) in [6.45, 7) is 1.28. The zero-order chi connectivity index (χ0) is 20.3. The minimum atomic E-state index is -3.91. The third-order valence-corrected chi connectivity index (χ3v) is 5.77. The lowest BCUT2D eigenvalue weighted by Gasteiger charge is -2.09. The van der Waals surface area contributed by atoms with Crippen LogP contribution in [0.3, 0.4) is 0 Å². The number of rotatable bonds is 7. The number of methoxy groups -OCH3 is 1. The highest BCUT2D eigenvalue weighted by molar-refractivity contribution is 7.89. The van der Waals surface area contributed by atoms with Gasteiger partial charge in [-0.2, -0.15) is 0 Å². The molecule has 0 bridgehead atoms. The number of halogens is 1. The number of hydrogen-bond donors (Lipinski definition) is 3. The molecule has 3 aromatic rings. The number of aromatic nitrogens is 1. The summed E-state index contributed by atoms with van der Waals surface area (Å²) in [4.78, 5) is 15.1. The number of carbonyl (C=O) groups excluding carboxylic acids is 1. The lowest BCUT2D eigenvalue weighted by Crippen LogP contribution is -2.36. The average Bonchev–Trinajstić information content (AvgIpc) is 3.06. The van der Waals surface area contributed by atoms with Crippen LogP contribution in [0.4, 0.5) is 4.39 Å². The third kappa shape index (κ3) is 4.49. The van der Waals surface area contributed by atoms with E-state index in [-0.39, 0.29) is 17.0 Å². The molecule has 28 heavy (non-hydrogen) atoms. The van der Waals surface area contributed by atoms with Gasteiger partial charge in [0.25, 0.3) is 0 Å². The molecule has 1 heterocycles. The molecule has 7 nitrogen and oxygen atoms in total. The minimum Gasteiger partial charge on any atom is -0.497 e. The maximum absolute atomic E-state index is 13.1. The molecule has 0 aliphatic carbocycles. The molecule has 0 fully saturated rings. The number of amides is 1. The Balaban J connectivity index is 1.58. The van der Waals surface area contributed by atoms with Crippen molar-refractivity contribution in [1.82, 2.24) is 15.0 Å². The Hall–Kier alpha value is -2.91. The first-order valence-corrected chi connectivity index (χ1v) is 9.95. The van der Waals surface area contributed by atoms with Gasteiger partial charge in [0, 0.05) is 16.6 Å². The van der Waals surface area contributed by atoms with Crippen LogP contribution in [0, 0.1) is 12.7 Å². The molecular weight excluding hydrogens is 385 g/mol. The normalized spacial score (nSPS) is 11.5. The molecule has 9 heteroatoms. The molecule has 0 unspecified atom stereocenters. The van der Waals surface area contributed by atoms with Crippen molar-refractivity contribution < 1.29 is 22.3 Å². The van der Waals surface area contributed by atoms with Crippen LogP contribution in [0.2, 0.25) is 0 Å². The molecule has 3 N–H and O–H groups in total. The van der Waals surface area contributed by atoms with Crippen molar-refractivity contribution in [3.8, 4) is 5.75 Å². The summed E-state index contributed by atoms with van der Waals surface area (Å²) in [5.41, 5.74) is 1.94. The van der Waals surface area contributed by atoms with Gasteiger partial charge < -0.3 is 15.0 Å². The number of benzene rings is 2. The van der Waals surface area contributed by atoms with E-state index in [0.717, 1.165) is 34.5 Å². The van der Waals surface area contributed by atoms with Crippen LogP contribution in [0.1, 0.15) is 11.3 Å². The van der Waals surface area contributed by atoms with Crippen LogP contribution >= 0.6 is 0 Å². The van der Waals surface area contributed by atoms with E-state index in [1.807, 2.05) is 24.3 Å². The van der Waals surface area contributed by atoms with Crippen LogP contribution in [-0.4, -0.2) is 33.0 Å². The Kier molecular flexibility index (Phi) is 5.66. The van der Waals surface area contributed by atoms with Gasteiger partial charge in [-0.15, -0.1) is 0 Å². The second-order valence-electron chi connectivity index (χ2n) is 6.26. The second kappa shape index (κ2) is 7.99. The van der Waals surface area contributed by atoms with Crippen LogP contribution in [0.15, 0.2) is 47.4 Å². The topological polar surface area (TPSA) is 100 Å². The zero-order valence-corrected chi connectivity index (χ0v) is 16.2. The monoisotopic (exact) mass is 405 g/mol. The zero-order valence-electron chi connectivity index (χ0n) is 15.4. The maximum Gasteiger partial charge on any atom is 0.241 e. The van der Waals surface area contributed by atoms with E-state index in [2.05, 4.69) is 15.0 Å². The van der Waals surface area contributed by atoms with Crippen molar-refractivity contribution in [2.75, 3.05) is 13.7 Å². The van der Waals surface area contributed by atoms with E-state index in [1.165, 1.54) is 13.0 Å². The number of aryl methyl sites for hydroxylation is 1. The summed E-state index contributed by atoms with van der Waals surface area (Å²) >= 11 is 0. The number of hydrogen-bond acceptors (Lipinski definition) is 4. The van der Waals surface area contributed by atoms with Gasteiger partial charge in [0.1, 0.15) is 11.6 Å². The number of aromatic amines is 1. The van der Waals surface area contributed by atoms with Crippen molar-refractivity contribution in [3.63, 3.8) is 0 Å². The Morgan fingerprint density at radius 3 is 2.68 bits per heavy atom. The largest absolute Gasteiger partial charge is 0.497 e. The molecule has 0 spiro atoms. The van der Waals surface area contributed by atoms with Crippen molar-refractivity contribution in [2.24, 2.45) is 0 Å². The number of H-pyrrole nitrogens is 1. The lowest BCUT2D eigenvalue weighted by molar-refractivity contribution is -0.120. The molecule has 1 amide bonds. The molecule has 1 aromatic heterocycles. The molecule has 0 aliphatic heterocycles. The summed E-state index contributed by atoms with van der Waals surface area (Å²) in [6, 6.07) is 10.8. The highest BCUT2D eigenvalue weighted by Gasteiger charge is 2.18. The Bertz CT molecular complexity index is 1130. The summed E-state index contributed by atoms with van der Waals surface area (Å²) < 4.78 is 45.1. The fourth-order valence-corrected chi connectivity index (χ4v) is 4.01. The van der Waals surface area contributed by atoms with E-state index in [9.17, 15) is 17.6 Å². The number of sulfonamides is 1. The van der Waals surface area contributed by atoms with Crippen molar-refractivity contribution in [1.29, 1.82) is 0 Å². The van der Waals surface area contributed by atoms with Crippen LogP contribution < -0.4 is 14.8 Å². The smallest absolute Gasteiger partial charge is 0.241 e. The van der Waals surface area contributed by atoms with Crippen LogP contribution in [0.5, 0.6) is 5.75 Å². The number of fused-ring (bicyclic) bond motifs is 1. The van der Waals surface area contributed by atoms with Gasteiger partial charge in [0.2, 0.25) is 15.9 Å². The molecule has 0 saturated heterocycles. The van der Waals surface area contributed by atoms with Gasteiger partial charge in [-0.25, -0.2) is 17.5 Å². The maximum atomic E-state index is 13.1. The molecule has 0 saturated carbocycles. The fraction of sp³-hybridized carbons (Fsp3) is 0.211. The summed E-state index contributed by atoms with van der Waals surface area (Å²) in [7, 11) is -2.33. The average molecular weight is 405 g/mol. The van der Waals surface area contributed by atoms with Gasteiger partial charge in [-0.1, -0.05) is 0 Å². The van der Waals surface area contributed by atoms with E-state index in [4.69, 9.17) is 4.74 Å². The van der Waals surface area contributed by atoms with Gasteiger partial charge in [-0.3, -0.25) is 4.79 Å². The molecule has 0 atom stereocenters. The van der Waals surface area contributed by atoms with E-state index in [0.29, 0.717) is 0 Å². The minimum absolute atomic E-state index is 0.0636. The summed E-state index contributed by atoms with van der Waals surface area (Å²) in [6.07, 6.45) is 0. The molecule has 148 valence electrons. The van der Waals surface area contributed by atoms with Gasteiger partial charge in [0.05, 0.1) is 25.1 Å². The predicted octanol–water partition coefficient (Wildman–Crippen LogP) is 2.22. The third-order valence-electron chi connectivity index (χ3n) is 4.21. The number of nitrogens with one attached hydrogen (secondary N) is 3. The molecule has 3 rings (SSSR count). The number of ether oxygens (including phenoxy) is 1. The quantitative estimate of drug-likeness (QED) is 0.561. The van der Waals surface area contributed by atoms with Gasteiger partial charge in [0.15, 0.2) is 0 Å².